The van der Waals surface area contributed by atoms with Gasteiger partial charge >= 0.3 is 0 Å². The third-order valence-electron chi connectivity index (χ3n) is 4.07. The van der Waals surface area contributed by atoms with Crippen LogP contribution in [0.4, 0.5) is 5.69 Å². The van der Waals surface area contributed by atoms with Crippen molar-refractivity contribution in [2.75, 3.05) is 25.0 Å². The molecule has 4 heteroatoms. The topological polar surface area (TPSA) is 33.1 Å². The highest BCUT2D eigenvalue weighted by Crippen LogP contribution is 2.16. The van der Waals surface area contributed by atoms with E-state index in [2.05, 4.69) is 45.6 Å². The maximum absolute atomic E-state index is 4.26. The molecular formula is C17H24N4. The molecule has 3 rings (SSSR count). The van der Waals surface area contributed by atoms with Crippen LogP contribution in [-0.2, 0) is 6.54 Å². The fourth-order valence-corrected chi connectivity index (χ4v) is 3.04. The number of hydrogen-bond donors (Lipinski definition) is 1. The molecule has 1 aromatic heterocycles. The molecule has 1 aromatic carbocycles. The zero-order valence-electron chi connectivity index (χ0n) is 12.5. The summed E-state index contributed by atoms with van der Waals surface area (Å²) >= 11 is 0. The SMILES string of the molecule is c1ccc(N[C@@H]2CCCN(CCCn3cccn3)C2)cc1. The largest absolute Gasteiger partial charge is 0.381 e. The minimum absolute atomic E-state index is 0.575. The lowest BCUT2D eigenvalue weighted by molar-refractivity contribution is 0.210. The van der Waals surface area contributed by atoms with Crippen molar-refractivity contribution < 1.29 is 0 Å². The van der Waals surface area contributed by atoms with Gasteiger partial charge in [-0.15, -0.1) is 0 Å². The van der Waals surface area contributed by atoms with Crippen LogP contribution in [0.5, 0.6) is 0 Å². The van der Waals surface area contributed by atoms with E-state index >= 15 is 0 Å². The molecule has 4 nitrogen and oxygen atoms in total. The van der Waals surface area contributed by atoms with Crippen molar-refractivity contribution in [1.29, 1.82) is 0 Å². The molecule has 2 aromatic rings. The van der Waals surface area contributed by atoms with Crippen LogP contribution >= 0.6 is 0 Å². The summed E-state index contributed by atoms with van der Waals surface area (Å²) in [5, 5.41) is 7.91. The Labute approximate surface area is 126 Å². The summed E-state index contributed by atoms with van der Waals surface area (Å²) in [5.74, 6) is 0. The first-order valence-electron chi connectivity index (χ1n) is 7.91. The number of nitrogens with zero attached hydrogens (tertiary/aromatic N) is 3. The number of aromatic nitrogens is 2. The van der Waals surface area contributed by atoms with E-state index in [0.717, 1.165) is 19.6 Å². The van der Waals surface area contributed by atoms with E-state index in [4.69, 9.17) is 0 Å². The smallest absolute Gasteiger partial charge is 0.0489 e. The number of hydrogen-bond acceptors (Lipinski definition) is 3. The van der Waals surface area contributed by atoms with Gasteiger partial charge in [0.1, 0.15) is 0 Å². The third kappa shape index (κ3) is 4.33. The van der Waals surface area contributed by atoms with Gasteiger partial charge in [-0.2, -0.15) is 5.10 Å². The fourth-order valence-electron chi connectivity index (χ4n) is 3.04. The summed E-state index contributed by atoms with van der Waals surface area (Å²) in [7, 11) is 0. The summed E-state index contributed by atoms with van der Waals surface area (Å²) < 4.78 is 2.02. The van der Waals surface area contributed by atoms with Crippen molar-refractivity contribution in [2.45, 2.75) is 31.8 Å². The Hall–Kier alpha value is -1.81. The first-order chi connectivity index (χ1) is 10.4. The normalized spacial score (nSPS) is 19.5. The Kier molecular flexibility index (Phi) is 4.90. The second kappa shape index (κ2) is 7.27. The predicted octanol–water partition coefficient (Wildman–Crippen LogP) is 2.85. The maximum atomic E-state index is 4.26. The van der Waals surface area contributed by atoms with Gasteiger partial charge in [-0.3, -0.25) is 4.68 Å². The van der Waals surface area contributed by atoms with Crippen LogP contribution < -0.4 is 5.32 Å². The Bertz CT molecular complexity index is 509. The van der Waals surface area contributed by atoms with Gasteiger partial charge in [0.05, 0.1) is 0 Å². The monoisotopic (exact) mass is 284 g/mol. The highest BCUT2D eigenvalue weighted by Gasteiger charge is 2.19. The van der Waals surface area contributed by atoms with Crippen LogP contribution in [0.15, 0.2) is 48.8 Å². The Balaban J connectivity index is 1.42. The number of rotatable bonds is 6. The molecule has 0 bridgehead atoms. The molecule has 1 atom stereocenters. The Morgan fingerprint density at radius 2 is 2.05 bits per heavy atom. The van der Waals surface area contributed by atoms with Gasteiger partial charge in [0.15, 0.2) is 0 Å². The number of aryl methyl sites for hydroxylation is 1. The molecule has 2 heterocycles. The van der Waals surface area contributed by atoms with Gasteiger partial charge in [0, 0.05) is 37.2 Å². The number of benzene rings is 1. The molecule has 1 aliphatic heterocycles. The van der Waals surface area contributed by atoms with Crippen molar-refractivity contribution in [3.8, 4) is 0 Å². The summed E-state index contributed by atoms with van der Waals surface area (Å²) in [6, 6.07) is 13.1. The fraction of sp³-hybridized carbons (Fsp3) is 0.471. The van der Waals surface area contributed by atoms with E-state index < -0.39 is 0 Å². The predicted molar refractivity (Wildman–Crippen MR) is 86.4 cm³/mol. The summed E-state index contributed by atoms with van der Waals surface area (Å²) in [6.07, 6.45) is 7.60. The number of anilines is 1. The second-order valence-electron chi connectivity index (χ2n) is 5.77. The van der Waals surface area contributed by atoms with E-state index in [1.54, 1.807) is 0 Å². The first-order valence-corrected chi connectivity index (χ1v) is 7.91. The van der Waals surface area contributed by atoms with Crippen LogP contribution in [0.3, 0.4) is 0 Å². The van der Waals surface area contributed by atoms with Crippen molar-refractivity contribution >= 4 is 5.69 Å². The van der Waals surface area contributed by atoms with E-state index in [9.17, 15) is 0 Å². The first kappa shape index (κ1) is 14.1. The molecule has 0 saturated carbocycles. The van der Waals surface area contributed by atoms with Gasteiger partial charge < -0.3 is 10.2 Å². The number of likely N-dealkylation sites (tertiary alicyclic amines) is 1. The lowest BCUT2D eigenvalue weighted by atomic mass is 10.1. The van der Waals surface area contributed by atoms with Crippen LogP contribution in [-0.4, -0.2) is 40.4 Å². The quantitative estimate of drug-likeness (QED) is 0.885. The third-order valence-corrected chi connectivity index (χ3v) is 4.07. The van der Waals surface area contributed by atoms with E-state index in [1.807, 2.05) is 23.1 Å². The van der Waals surface area contributed by atoms with Gasteiger partial charge in [-0.1, -0.05) is 18.2 Å². The molecule has 1 aliphatic rings. The molecule has 1 saturated heterocycles. The molecular weight excluding hydrogens is 260 g/mol. The van der Waals surface area contributed by atoms with Gasteiger partial charge in [-0.25, -0.2) is 0 Å². The molecule has 0 spiro atoms. The maximum Gasteiger partial charge on any atom is 0.0489 e. The summed E-state index contributed by atoms with van der Waals surface area (Å²) in [4.78, 5) is 2.58. The van der Waals surface area contributed by atoms with Crippen molar-refractivity contribution in [3.63, 3.8) is 0 Å². The zero-order valence-corrected chi connectivity index (χ0v) is 12.5. The Morgan fingerprint density at radius 3 is 2.86 bits per heavy atom. The number of nitrogens with one attached hydrogen (secondary N) is 1. The van der Waals surface area contributed by atoms with E-state index in [-0.39, 0.29) is 0 Å². The molecule has 21 heavy (non-hydrogen) atoms. The molecule has 112 valence electrons. The van der Waals surface area contributed by atoms with Crippen LogP contribution in [0.2, 0.25) is 0 Å². The highest BCUT2D eigenvalue weighted by atomic mass is 15.3. The standard InChI is InChI=1S/C17H24N4/c1-2-7-16(8-3-1)19-17-9-4-11-20(15-17)12-6-14-21-13-5-10-18-21/h1-3,5,7-8,10,13,17,19H,4,6,9,11-12,14-15H2/t17-/m1/s1. The summed E-state index contributed by atoms with van der Waals surface area (Å²) in [5.41, 5.74) is 1.24. The summed E-state index contributed by atoms with van der Waals surface area (Å²) in [6.45, 7) is 4.55. The number of para-hydroxylation sites is 1. The van der Waals surface area contributed by atoms with E-state index in [0.29, 0.717) is 6.04 Å². The average molecular weight is 284 g/mol. The molecule has 1 fully saturated rings. The average Bonchev–Trinajstić information content (AvgIpc) is 3.02. The molecule has 0 amide bonds. The van der Waals surface area contributed by atoms with Crippen LogP contribution in [0.25, 0.3) is 0 Å². The van der Waals surface area contributed by atoms with Crippen LogP contribution in [0.1, 0.15) is 19.3 Å². The highest BCUT2D eigenvalue weighted by molar-refractivity contribution is 5.43. The minimum Gasteiger partial charge on any atom is -0.381 e. The van der Waals surface area contributed by atoms with Crippen LogP contribution in [0, 0.1) is 0 Å². The van der Waals surface area contributed by atoms with Crippen molar-refractivity contribution in [3.05, 3.63) is 48.8 Å². The lowest BCUT2D eigenvalue weighted by Gasteiger charge is -2.33. The lowest BCUT2D eigenvalue weighted by Crippen LogP contribution is -2.42. The molecule has 1 N–H and O–H groups in total. The molecule has 0 radical (unpaired) electrons. The van der Waals surface area contributed by atoms with Gasteiger partial charge in [0.25, 0.3) is 0 Å². The minimum atomic E-state index is 0.575. The van der Waals surface area contributed by atoms with Gasteiger partial charge in [0.2, 0.25) is 0 Å². The number of piperidine rings is 1. The second-order valence-corrected chi connectivity index (χ2v) is 5.77. The van der Waals surface area contributed by atoms with Gasteiger partial charge in [-0.05, 0) is 50.6 Å². The van der Waals surface area contributed by atoms with Crippen molar-refractivity contribution in [1.82, 2.24) is 14.7 Å². The molecule has 0 unspecified atom stereocenters. The zero-order chi connectivity index (χ0) is 14.3. The molecule has 0 aliphatic carbocycles. The Morgan fingerprint density at radius 1 is 1.14 bits per heavy atom. The van der Waals surface area contributed by atoms with E-state index in [1.165, 1.54) is 31.5 Å². The van der Waals surface area contributed by atoms with Crippen molar-refractivity contribution in [2.24, 2.45) is 0 Å².